The first-order valence-electron chi connectivity index (χ1n) is 4.41. The van der Waals surface area contributed by atoms with Crippen LogP contribution in [0.15, 0.2) is 22.7 Å². The first-order chi connectivity index (χ1) is 7.15. The van der Waals surface area contributed by atoms with Gasteiger partial charge in [-0.3, -0.25) is 0 Å². The summed E-state index contributed by atoms with van der Waals surface area (Å²) in [5.74, 6) is -0.942. The van der Waals surface area contributed by atoms with Gasteiger partial charge in [0.15, 0.2) is 0 Å². The summed E-state index contributed by atoms with van der Waals surface area (Å²) in [6, 6.07) is 4.99. The quantitative estimate of drug-likeness (QED) is 0.808. The summed E-state index contributed by atoms with van der Waals surface area (Å²) >= 11 is 3.29. The van der Waals surface area contributed by atoms with Gasteiger partial charge in [-0.05, 0) is 18.2 Å². The van der Waals surface area contributed by atoms with Gasteiger partial charge in [-0.25, -0.2) is 4.79 Å². The highest BCUT2D eigenvalue weighted by Crippen LogP contribution is 2.21. The van der Waals surface area contributed by atoms with E-state index in [1.165, 1.54) is 0 Å². The molecule has 0 amide bonds. The molecule has 0 radical (unpaired) electrons. The van der Waals surface area contributed by atoms with Gasteiger partial charge in [-0.2, -0.15) is 0 Å². The molecule has 0 unspecified atom stereocenters. The van der Waals surface area contributed by atoms with Crippen molar-refractivity contribution in [3.63, 3.8) is 0 Å². The molecule has 5 heteroatoms. The van der Waals surface area contributed by atoms with Crippen LogP contribution in [0.4, 0.5) is 5.69 Å². The van der Waals surface area contributed by atoms with Crippen LogP contribution in [0.25, 0.3) is 0 Å². The molecule has 0 aromatic heterocycles. The number of nitrogens with one attached hydrogen (secondary N) is 1. The summed E-state index contributed by atoms with van der Waals surface area (Å²) in [7, 11) is 1.60. The van der Waals surface area contributed by atoms with Crippen LogP contribution in [0.5, 0.6) is 0 Å². The van der Waals surface area contributed by atoms with Gasteiger partial charge in [0.05, 0.1) is 12.2 Å². The van der Waals surface area contributed by atoms with Crippen molar-refractivity contribution in [2.75, 3.05) is 25.6 Å². The third-order valence-corrected chi connectivity index (χ3v) is 2.33. The number of hydrogen-bond acceptors (Lipinski definition) is 3. The van der Waals surface area contributed by atoms with Gasteiger partial charge in [0.1, 0.15) is 0 Å². The highest BCUT2D eigenvalue weighted by molar-refractivity contribution is 9.10. The molecule has 0 aliphatic carbocycles. The molecule has 1 rings (SSSR count). The highest BCUT2D eigenvalue weighted by Gasteiger charge is 2.09. The maximum atomic E-state index is 10.9. The number of ether oxygens (including phenoxy) is 1. The largest absolute Gasteiger partial charge is 0.478 e. The Morgan fingerprint density at radius 3 is 2.93 bits per heavy atom. The Morgan fingerprint density at radius 2 is 2.33 bits per heavy atom. The van der Waals surface area contributed by atoms with Gasteiger partial charge in [0.2, 0.25) is 0 Å². The Kier molecular flexibility index (Phi) is 4.58. The van der Waals surface area contributed by atoms with E-state index in [2.05, 4.69) is 21.2 Å². The van der Waals surface area contributed by atoms with Crippen LogP contribution in [0.2, 0.25) is 0 Å². The van der Waals surface area contributed by atoms with Crippen LogP contribution in [0.1, 0.15) is 10.4 Å². The molecular formula is C10H12BrNO3. The first-order valence-corrected chi connectivity index (χ1v) is 5.20. The number of halogens is 1. The lowest BCUT2D eigenvalue weighted by Gasteiger charge is -2.09. The molecule has 0 saturated carbocycles. The molecule has 82 valence electrons. The molecule has 1 aromatic carbocycles. The van der Waals surface area contributed by atoms with E-state index in [0.717, 1.165) is 4.47 Å². The molecule has 0 aliphatic rings. The van der Waals surface area contributed by atoms with Crippen molar-refractivity contribution >= 4 is 27.6 Å². The van der Waals surface area contributed by atoms with E-state index in [1.54, 1.807) is 25.3 Å². The third kappa shape index (κ3) is 3.53. The van der Waals surface area contributed by atoms with Gasteiger partial charge in [-0.1, -0.05) is 15.9 Å². The van der Waals surface area contributed by atoms with Crippen molar-refractivity contribution in [1.29, 1.82) is 0 Å². The number of methoxy groups -OCH3 is 1. The van der Waals surface area contributed by atoms with E-state index in [4.69, 9.17) is 9.84 Å². The lowest BCUT2D eigenvalue weighted by molar-refractivity contribution is 0.0698. The normalized spacial score (nSPS) is 10.0. The fourth-order valence-corrected chi connectivity index (χ4v) is 1.50. The van der Waals surface area contributed by atoms with E-state index in [9.17, 15) is 4.79 Å². The number of carboxylic acids is 1. The molecule has 0 bridgehead atoms. The Labute approximate surface area is 96.4 Å². The Hall–Kier alpha value is -1.07. The van der Waals surface area contributed by atoms with Gasteiger partial charge in [0, 0.05) is 23.8 Å². The van der Waals surface area contributed by atoms with Crippen molar-refractivity contribution in [1.82, 2.24) is 0 Å². The number of benzene rings is 1. The summed E-state index contributed by atoms with van der Waals surface area (Å²) in [6.45, 7) is 1.11. The van der Waals surface area contributed by atoms with E-state index in [0.29, 0.717) is 18.8 Å². The Morgan fingerprint density at radius 1 is 1.60 bits per heavy atom. The highest BCUT2D eigenvalue weighted by atomic mass is 79.9. The fraction of sp³-hybridized carbons (Fsp3) is 0.300. The van der Waals surface area contributed by atoms with Crippen LogP contribution >= 0.6 is 15.9 Å². The summed E-state index contributed by atoms with van der Waals surface area (Å²) in [5.41, 5.74) is 0.850. The van der Waals surface area contributed by atoms with Crippen LogP contribution in [0, 0.1) is 0 Å². The first kappa shape index (κ1) is 12.0. The smallest absolute Gasteiger partial charge is 0.337 e. The van der Waals surface area contributed by atoms with Crippen LogP contribution in [-0.4, -0.2) is 31.3 Å². The molecule has 2 N–H and O–H groups in total. The van der Waals surface area contributed by atoms with E-state index >= 15 is 0 Å². The number of rotatable bonds is 5. The molecular weight excluding hydrogens is 262 g/mol. The summed E-state index contributed by atoms with van der Waals surface area (Å²) in [6.07, 6.45) is 0. The maximum absolute atomic E-state index is 10.9. The van der Waals surface area contributed by atoms with Gasteiger partial charge < -0.3 is 15.2 Å². The number of aromatic carboxylic acids is 1. The van der Waals surface area contributed by atoms with Crippen molar-refractivity contribution in [2.24, 2.45) is 0 Å². The second-order valence-corrected chi connectivity index (χ2v) is 3.83. The summed E-state index contributed by atoms with van der Waals surface area (Å²) < 4.78 is 5.71. The maximum Gasteiger partial charge on any atom is 0.337 e. The van der Waals surface area contributed by atoms with Crippen LogP contribution in [0.3, 0.4) is 0 Å². The van der Waals surface area contributed by atoms with Gasteiger partial charge in [-0.15, -0.1) is 0 Å². The average molecular weight is 274 g/mol. The number of carbonyl (C=O) groups is 1. The van der Waals surface area contributed by atoms with Crippen molar-refractivity contribution in [3.05, 3.63) is 28.2 Å². The Bertz CT molecular complexity index is 355. The minimum Gasteiger partial charge on any atom is -0.478 e. The minimum absolute atomic E-state index is 0.259. The Balaban J connectivity index is 2.82. The van der Waals surface area contributed by atoms with Crippen LogP contribution in [-0.2, 0) is 4.74 Å². The zero-order chi connectivity index (χ0) is 11.3. The molecule has 0 saturated heterocycles. The predicted octanol–water partition coefficient (Wildman–Crippen LogP) is 2.21. The SMILES string of the molecule is COCCNc1cc(Br)ccc1C(=O)O. The van der Waals surface area contributed by atoms with E-state index in [-0.39, 0.29) is 5.56 Å². The molecule has 0 heterocycles. The lowest BCUT2D eigenvalue weighted by atomic mass is 10.2. The van der Waals surface area contributed by atoms with Gasteiger partial charge in [0.25, 0.3) is 0 Å². The van der Waals surface area contributed by atoms with E-state index < -0.39 is 5.97 Å². The zero-order valence-electron chi connectivity index (χ0n) is 8.29. The minimum atomic E-state index is -0.942. The third-order valence-electron chi connectivity index (χ3n) is 1.83. The van der Waals surface area contributed by atoms with Gasteiger partial charge >= 0.3 is 5.97 Å². The standard InChI is InChI=1S/C10H12BrNO3/c1-15-5-4-12-9-6-7(11)2-3-8(9)10(13)14/h2-3,6,12H,4-5H2,1H3,(H,13,14). The topological polar surface area (TPSA) is 58.6 Å². The summed E-state index contributed by atoms with van der Waals surface area (Å²) in [5, 5.41) is 11.9. The van der Waals surface area contributed by atoms with Crippen molar-refractivity contribution in [3.8, 4) is 0 Å². The predicted molar refractivity (Wildman–Crippen MR) is 61.5 cm³/mol. The second kappa shape index (κ2) is 5.72. The molecule has 0 atom stereocenters. The number of anilines is 1. The van der Waals surface area contributed by atoms with Crippen molar-refractivity contribution < 1.29 is 14.6 Å². The monoisotopic (exact) mass is 273 g/mol. The molecule has 15 heavy (non-hydrogen) atoms. The van der Waals surface area contributed by atoms with E-state index in [1.807, 2.05) is 0 Å². The lowest BCUT2D eigenvalue weighted by Crippen LogP contribution is -2.11. The zero-order valence-corrected chi connectivity index (χ0v) is 9.87. The molecule has 0 aliphatic heterocycles. The number of hydrogen-bond donors (Lipinski definition) is 2. The molecule has 0 spiro atoms. The number of carboxylic acid groups (broad SMARTS) is 1. The van der Waals surface area contributed by atoms with Crippen molar-refractivity contribution in [2.45, 2.75) is 0 Å². The molecule has 4 nitrogen and oxygen atoms in total. The molecule has 1 aromatic rings. The fourth-order valence-electron chi connectivity index (χ4n) is 1.14. The molecule has 0 fully saturated rings. The second-order valence-electron chi connectivity index (χ2n) is 2.91. The van der Waals surface area contributed by atoms with Crippen LogP contribution < -0.4 is 5.32 Å². The summed E-state index contributed by atoms with van der Waals surface area (Å²) in [4.78, 5) is 10.9. The average Bonchev–Trinajstić information content (AvgIpc) is 2.18.